The van der Waals surface area contributed by atoms with Gasteiger partial charge in [0.05, 0.1) is 6.10 Å². The van der Waals surface area contributed by atoms with Crippen LogP contribution in [0.15, 0.2) is 77.3 Å². The largest absolute Gasteiger partial charge is 0.506 e. The molecule has 2 saturated heterocycles. The number of amides is 1. The van der Waals surface area contributed by atoms with Crippen molar-refractivity contribution in [2.75, 3.05) is 26.2 Å². The van der Waals surface area contributed by atoms with E-state index in [-0.39, 0.29) is 37.0 Å². The number of benzene rings is 3. The number of ether oxygens (including phenoxy) is 1. The predicted molar refractivity (Wildman–Crippen MR) is 154 cm³/mol. The third kappa shape index (κ3) is 6.13. The van der Waals surface area contributed by atoms with E-state index in [1.54, 1.807) is 12.1 Å². The van der Waals surface area contributed by atoms with Crippen LogP contribution in [0.5, 0.6) is 0 Å². The first kappa shape index (κ1) is 28.5. The van der Waals surface area contributed by atoms with Crippen LogP contribution in [0.3, 0.4) is 0 Å². The Kier molecular flexibility index (Phi) is 7.92. The summed E-state index contributed by atoms with van der Waals surface area (Å²) in [5, 5.41) is 23.3. The van der Waals surface area contributed by atoms with E-state index in [9.17, 15) is 24.2 Å². The number of halogens is 1. The van der Waals surface area contributed by atoms with E-state index in [2.05, 4.69) is 15.0 Å². The second-order valence-corrected chi connectivity index (χ2v) is 11.0. The van der Waals surface area contributed by atoms with Crippen molar-refractivity contribution in [3.8, 4) is 34.0 Å². The zero-order valence-corrected chi connectivity index (χ0v) is 23.4. The lowest BCUT2D eigenvalue weighted by Crippen LogP contribution is -2.56. The molecule has 0 saturated carbocycles. The third-order valence-corrected chi connectivity index (χ3v) is 8.13. The minimum absolute atomic E-state index is 0.193. The Labute approximate surface area is 247 Å². The van der Waals surface area contributed by atoms with Gasteiger partial charge in [-0.2, -0.15) is 4.98 Å². The number of aliphatic hydroxyl groups is 1. The summed E-state index contributed by atoms with van der Waals surface area (Å²) in [4.78, 5) is 32.8. The molecule has 2 N–H and O–H groups in total. The molecule has 11 heteroatoms. The molecule has 43 heavy (non-hydrogen) atoms. The van der Waals surface area contributed by atoms with Crippen molar-refractivity contribution in [3.63, 3.8) is 0 Å². The maximum atomic E-state index is 14.9. The minimum atomic E-state index is -1.48. The molecular weight excluding hydrogens is 555 g/mol. The molecule has 2 aliphatic heterocycles. The molecule has 2 fully saturated rings. The summed E-state index contributed by atoms with van der Waals surface area (Å²) in [6, 6.07) is 21.8. The Bertz CT molecular complexity index is 1600. The molecule has 0 radical (unpaired) electrons. The second kappa shape index (κ2) is 11.9. The zero-order valence-electron chi connectivity index (χ0n) is 23.4. The molecule has 222 valence electrons. The number of carbonyl (C=O) groups is 2. The number of piperidine rings is 1. The van der Waals surface area contributed by atoms with Crippen molar-refractivity contribution < 1.29 is 33.5 Å². The fourth-order valence-corrected chi connectivity index (χ4v) is 5.79. The highest BCUT2D eigenvalue weighted by Gasteiger charge is 2.48. The molecule has 1 unspecified atom stereocenters. The van der Waals surface area contributed by atoms with Gasteiger partial charge in [0, 0.05) is 62.3 Å². The van der Waals surface area contributed by atoms with Crippen molar-refractivity contribution in [1.29, 1.82) is 0 Å². The van der Waals surface area contributed by atoms with Crippen molar-refractivity contribution >= 4 is 12.1 Å². The average molecular weight is 587 g/mol. The highest BCUT2D eigenvalue weighted by atomic mass is 19.1. The molecule has 0 spiro atoms. The number of likely N-dealkylation sites (tertiary alicyclic amines) is 2. The number of nitrogens with zero attached hydrogens (tertiary/aromatic N) is 4. The van der Waals surface area contributed by atoms with Gasteiger partial charge in [0.15, 0.2) is 5.60 Å². The summed E-state index contributed by atoms with van der Waals surface area (Å²) in [7, 11) is 0. The van der Waals surface area contributed by atoms with Crippen LogP contribution in [0.4, 0.5) is 9.18 Å². The molecule has 1 aromatic heterocycles. The number of carbonyl (C=O) groups excluding carboxylic acids is 1. The molecule has 3 heterocycles. The molecular formula is C32H31FN4O6. The van der Waals surface area contributed by atoms with Crippen molar-refractivity contribution in [2.24, 2.45) is 0 Å². The maximum Gasteiger partial charge on any atom is 0.506 e. The molecule has 10 nitrogen and oxygen atoms in total. The summed E-state index contributed by atoms with van der Waals surface area (Å²) in [6.07, 6.45) is -1.12. The number of β-amino-alcohol motifs (C(OH)–C–C–N with tert-alkyl or cyclic N) is 1. The SMILES string of the molecule is O=C(O)OC1(C(=O)N2CCC(O)C2)CCN(Cc2ccc(-c3noc(-c4ccc(-c5ccccc5)c(F)c4)n3)cc2)CC1. The van der Waals surface area contributed by atoms with Gasteiger partial charge in [-0.15, -0.1) is 0 Å². The van der Waals surface area contributed by atoms with Crippen LogP contribution in [-0.4, -0.2) is 80.1 Å². The lowest BCUT2D eigenvalue weighted by Gasteiger charge is -2.41. The molecule has 4 aromatic rings. The Morgan fingerprint density at radius 1 is 0.977 bits per heavy atom. The Balaban J connectivity index is 1.08. The van der Waals surface area contributed by atoms with Crippen LogP contribution < -0.4 is 0 Å². The fourth-order valence-electron chi connectivity index (χ4n) is 5.79. The number of hydrogen-bond donors (Lipinski definition) is 2. The molecule has 3 aromatic carbocycles. The second-order valence-electron chi connectivity index (χ2n) is 11.0. The zero-order chi connectivity index (χ0) is 30.0. The van der Waals surface area contributed by atoms with Gasteiger partial charge in [0.1, 0.15) is 5.82 Å². The first-order chi connectivity index (χ1) is 20.8. The van der Waals surface area contributed by atoms with Crippen molar-refractivity contribution in [2.45, 2.75) is 37.5 Å². The Hall–Kier alpha value is -4.61. The Morgan fingerprint density at radius 2 is 1.70 bits per heavy atom. The average Bonchev–Trinajstić information content (AvgIpc) is 3.68. The van der Waals surface area contributed by atoms with Crippen LogP contribution in [0, 0.1) is 5.82 Å². The smallest absolute Gasteiger partial charge is 0.450 e. The molecule has 0 bridgehead atoms. The summed E-state index contributed by atoms with van der Waals surface area (Å²) in [6.45, 7) is 2.14. The van der Waals surface area contributed by atoms with Crippen LogP contribution in [-0.2, 0) is 16.1 Å². The number of carboxylic acid groups (broad SMARTS) is 1. The normalized spacial score (nSPS) is 18.5. The molecule has 0 aliphatic carbocycles. The van der Waals surface area contributed by atoms with E-state index in [1.807, 2.05) is 54.6 Å². The first-order valence-electron chi connectivity index (χ1n) is 14.2. The van der Waals surface area contributed by atoms with Crippen LogP contribution in [0.25, 0.3) is 34.0 Å². The highest BCUT2D eigenvalue weighted by Crippen LogP contribution is 2.32. The van der Waals surface area contributed by atoms with Gasteiger partial charge in [-0.3, -0.25) is 9.69 Å². The fraction of sp³-hybridized carbons (Fsp3) is 0.312. The monoisotopic (exact) mass is 586 g/mol. The Morgan fingerprint density at radius 3 is 2.35 bits per heavy atom. The molecule has 2 aliphatic rings. The van der Waals surface area contributed by atoms with Crippen LogP contribution >= 0.6 is 0 Å². The first-order valence-corrected chi connectivity index (χ1v) is 14.2. The summed E-state index contributed by atoms with van der Waals surface area (Å²) < 4.78 is 25.5. The number of hydrogen-bond acceptors (Lipinski definition) is 8. The number of aliphatic hydroxyl groups excluding tert-OH is 1. The molecule has 1 atom stereocenters. The van der Waals surface area contributed by atoms with Gasteiger partial charge >= 0.3 is 6.16 Å². The maximum absolute atomic E-state index is 14.9. The quantitative estimate of drug-likeness (QED) is 0.293. The lowest BCUT2D eigenvalue weighted by molar-refractivity contribution is -0.158. The lowest BCUT2D eigenvalue weighted by atomic mass is 9.89. The highest BCUT2D eigenvalue weighted by molar-refractivity contribution is 5.87. The van der Waals surface area contributed by atoms with E-state index in [4.69, 9.17) is 9.26 Å². The third-order valence-electron chi connectivity index (χ3n) is 8.13. The van der Waals surface area contributed by atoms with Crippen molar-refractivity contribution in [1.82, 2.24) is 19.9 Å². The standard InChI is InChI=1S/C32H31FN4O6/c33-27-18-24(10-11-26(27)22-4-2-1-3-5-22)29-34-28(35-43-29)23-8-6-21(7-9-23)19-36-16-13-32(14-17-36,42-31(40)41)30(39)37-15-12-25(38)20-37/h1-11,18,25,38H,12-17,19-20H2,(H,40,41). The van der Waals surface area contributed by atoms with Crippen molar-refractivity contribution in [3.05, 3.63) is 84.2 Å². The van der Waals surface area contributed by atoms with E-state index < -0.39 is 17.9 Å². The van der Waals surface area contributed by atoms with E-state index >= 15 is 0 Å². The van der Waals surface area contributed by atoms with E-state index in [0.717, 1.165) is 16.7 Å². The summed E-state index contributed by atoms with van der Waals surface area (Å²) >= 11 is 0. The van der Waals surface area contributed by atoms with Crippen LogP contribution in [0.2, 0.25) is 0 Å². The van der Waals surface area contributed by atoms with Gasteiger partial charge in [-0.25, -0.2) is 9.18 Å². The minimum Gasteiger partial charge on any atom is -0.450 e. The van der Waals surface area contributed by atoms with Gasteiger partial charge < -0.3 is 24.4 Å². The predicted octanol–water partition coefficient (Wildman–Crippen LogP) is 4.83. The van der Waals surface area contributed by atoms with E-state index in [1.165, 1.54) is 11.0 Å². The number of aromatic nitrogens is 2. The van der Waals surface area contributed by atoms with E-state index in [0.29, 0.717) is 49.6 Å². The topological polar surface area (TPSA) is 129 Å². The van der Waals surface area contributed by atoms with Gasteiger partial charge in [0.2, 0.25) is 5.82 Å². The van der Waals surface area contributed by atoms with Gasteiger partial charge in [-0.05, 0) is 29.7 Å². The summed E-state index contributed by atoms with van der Waals surface area (Å²) in [5.74, 6) is -0.148. The molecule has 1 amide bonds. The van der Waals surface area contributed by atoms with Crippen LogP contribution in [0.1, 0.15) is 24.8 Å². The number of rotatable bonds is 7. The van der Waals surface area contributed by atoms with Gasteiger partial charge in [0.25, 0.3) is 11.8 Å². The van der Waals surface area contributed by atoms with Gasteiger partial charge in [-0.1, -0.05) is 65.8 Å². The summed E-state index contributed by atoms with van der Waals surface area (Å²) in [5.41, 5.74) is 2.09. The molecule has 6 rings (SSSR count).